The molecule has 23 heavy (non-hydrogen) atoms. The van der Waals surface area contributed by atoms with E-state index in [1.165, 1.54) is 22.7 Å². The lowest BCUT2D eigenvalue weighted by molar-refractivity contribution is -0.120. The van der Waals surface area contributed by atoms with Crippen LogP contribution in [0.15, 0.2) is 24.3 Å². The molecule has 130 valence electrons. The minimum absolute atomic E-state index is 0.0721. The van der Waals surface area contributed by atoms with E-state index in [0.29, 0.717) is 18.0 Å². The first-order valence-corrected chi connectivity index (χ1v) is 9.49. The van der Waals surface area contributed by atoms with Crippen LogP contribution in [0.3, 0.4) is 0 Å². The summed E-state index contributed by atoms with van der Waals surface area (Å²) in [7, 11) is -3.29. The Labute approximate surface area is 137 Å². The van der Waals surface area contributed by atoms with Gasteiger partial charge in [0, 0.05) is 19.6 Å². The molecule has 0 aromatic heterocycles. The van der Waals surface area contributed by atoms with Crippen molar-refractivity contribution in [1.82, 2.24) is 9.62 Å². The van der Waals surface area contributed by atoms with E-state index >= 15 is 0 Å². The molecule has 0 radical (unpaired) electrons. The molecule has 0 aliphatic carbocycles. The van der Waals surface area contributed by atoms with E-state index < -0.39 is 10.0 Å². The average molecular weight is 344 g/mol. The van der Waals surface area contributed by atoms with Crippen molar-refractivity contribution < 1.29 is 17.6 Å². The summed E-state index contributed by atoms with van der Waals surface area (Å²) < 4.78 is 37.9. The molecular weight excluding hydrogens is 319 g/mol. The second kappa shape index (κ2) is 8.98. The second-order valence-corrected chi connectivity index (χ2v) is 7.98. The third-order valence-corrected chi connectivity index (χ3v) is 4.67. The number of halogens is 1. The van der Waals surface area contributed by atoms with Crippen LogP contribution in [-0.2, 0) is 21.2 Å². The van der Waals surface area contributed by atoms with Crippen molar-refractivity contribution in [2.75, 3.05) is 25.9 Å². The summed E-state index contributed by atoms with van der Waals surface area (Å²) in [6.45, 7) is 4.97. The molecule has 0 atom stereocenters. The fraction of sp³-hybridized carbons (Fsp3) is 0.562. The molecule has 0 aliphatic heterocycles. The third kappa shape index (κ3) is 8.08. The Balaban J connectivity index is 2.44. The predicted molar refractivity (Wildman–Crippen MR) is 89.0 cm³/mol. The number of hydrogen-bond acceptors (Lipinski definition) is 3. The van der Waals surface area contributed by atoms with Gasteiger partial charge in [0.05, 0.1) is 12.7 Å². The van der Waals surface area contributed by atoms with Gasteiger partial charge in [-0.05, 0) is 30.0 Å². The van der Waals surface area contributed by atoms with E-state index in [1.807, 2.05) is 13.8 Å². The zero-order valence-corrected chi connectivity index (χ0v) is 14.7. The highest BCUT2D eigenvalue weighted by Crippen LogP contribution is 2.06. The van der Waals surface area contributed by atoms with Crippen LogP contribution in [0.2, 0.25) is 0 Å². The lowest BCUT2D eigenvalue weighted by atomic mass is 10.1. The van der Waals surface area contributed by atoms with E-state index in [2.05, 4.69) is 5.32 Å². The first-order chi connectivity index (χ1) is 10.7. The van der Waals surface area contributed by atoms with Gasteiger partial charge in [0.15, 0.2) is 0 Å². The highest BCUT2D eigenvalue weighted by atomic mass is 32.2. The summed E-state index contributed by atoms with van der Waals surface area (Å²) >= 11 is 0. The maximum absolute atomic E-state index is 13.1. The molecule has 1 N–H and O–H groups in total. The van der Waals surface area contributed by atoms with E-state index in [0.717, 1.165) is 6.42 Å². The molecule has 0 unspecified atom stereocenters. The standard InChI is InChI=1S/C16H25FN2O3S/c1-13(2)7-9-19(23(3,21)22)10-8-18-16(20)12-14-5-4-6-15(17)11-14/h4-6,11,13H,7-10,12H2,1-3H3,(H,18,20). The predicted octanol–water partition coefficient (Wildman–Crippen LogP) is 1.79. The molecule has 0 fully saturated rings. The highest BCUT2D eigenvalue weighted by Gasteiger charge is 2.16. The normalized spacial score (nSPS) is 11.9. The number of nitrogens with zero attached hydrogens (tertiary/aromatic N) is 1. The van der Waals surface area contributed by atoms with Crippen LogP contribution < -0.4 is 5.32 Å². The van der Waals surface area contributed by atoms with Crippen LogP contribution in [0, 0.1) is 11.7 Å². The molecule has 0 saturated heterocycles. The average Bonchev–Trinajstić information content (AvgIpc) is 2.40. The molecule has 5 nitrogen and oxygen atoms in total. The summed E-state index contributed by atoms with van der Waals surface area (Å²) in [6, 6.07) is 5.86. The number of benzene rings is 1. The van der Waals surface area contributed by atoms with Gasteiger partial charge >= 0.3 is 0 Å². The summed E-state index contributed by atoms with van der Waals surface area (Å²) in [6.07, 6.45) is 2.01. The molecule has 0 heterocycles. The Morgan fingerprint density at radius 1 is 1.30 bits per heavy atom. The van der Waals surface area contributed by atoms with Gasteiger partial charge in [-0.25, -0.2) is 17.1 Å². The van der Waals surface area contributed by atoms with Crippen molar-refractivity contribution in [3.05, 3.63) is 35.6 Å². The minimum Gasteiger partial charge on any atom is -0.354 e. The van der Waals surface area contributed by atoms with Gasteiger partial charge in [-0.2, -0.15) is 0 Å². The Bertz CT molecular complexity index is 618. The zero-order chi connectivity index (χ0) is 17.5. The van der Waals surface area contributed by atoms with Crippen molar-refractivity contribution in [2.45, 2.75) is 26.7 Å². The number of hydrogen-bond donors (Lipinski definition) is 1. The van der Waals surface area contributed by atoms with Gasteiger partial charge in [-0.15, -0.1) is 0 Å². The number of amides is 1. The topological polar surface area (TPSA) is 66.5 Å². The lowest BCUT2D eigenvalue weighted by Crippen LogP contribution is -2.39. The van der Waals surface area contributed by atoms with Crippen molar-refractivity contribution in [1.29, 1.82) is 0 Å². The molecule has 0 spiro atoms. The molecule has 1 rings (SSSR count). The quantitative estimate of drug-likeness (QED) is 0.743. The number of rotatable bonds is 9. The van der Waals surface area contributed by atoms with Gasteiger partial charge in [0.1, 0.15) is 5.82 Å². The second-order valence-electron chi connectivity index (χ2n) is 6.00. The molecule has 1 aromatic carbocycles. The van der Waals surface area contributed by atoms with E-state index in [9.17, 15) is 17.6 Å². The smallest absolute Gasteiger partial charge is 0.224 e. The highest BCUT2D eigenvalue weighted by molar-refractivity contribution is 7.88. The van der Waals surface area contributed by atoms with Crippen LogP contribution in [0.5, 0.6) is 0 Å². The monoisotopic (exact) mass is 344 g/mol. The summed E-state index contributed by atoms with van der Waals surface area (Å²) in [5.74, 6) is -0.234. The van der Waals surface area contributed by atoms with E-state index in [4.69, 9.17) is 0 Å². The molecule has 0 bridgehead atoms. The first-order valence-electron chi connectivity index (χ1n) is 7.64. The Morgan fingerprint density at radius 2 is 2.00 bits per heavy atom. The van der Waals surface area contributed by atoms with Gasteiger partial charge in [-0.1, -0.05) is 26.0 Å². The van der Waals surface area contributed by atoms with Gasteiger partial charge in [0.2, 0.25) is 15.9 Å². The molecule has 1 amide bonds. The van der Waals surface area contributed by atoms with Gasteiger partial charge in [0.25, 0.3) is 0 Å². The van der Waals surface area contributed by atoms with Crippen molar-refractivity contribution in [3.8, 4) is 0 Å². The van der Waals surface area contributed by atoms with Crippen molar-refractivity contribution >= 4 is 15.9 Å². The zero-order valence-electron chi connectivity index (χ0n) is 13.9. The van der Waals surface area contributed by atoms with Crippen LogP contribution in [0.25, 0.3) is 0 Å². The van der Waals surface area contributed by atoms with Crippen LogP contribution in [0.1, 0.15) is 25.8 Å². The molecule has 7 heteroatoms. The maximum Gasteiger partial charge on any atom is 0.224 e. The van der Waals surface area contributed by atoms with Crippen LogP contribution >= 0.6 is 0 Å². The number of carbonyl (C=O) groups is 1. The molecular formula is C16H25FN2O3S. The maximum atomic E-state index is 13.1. The number of nitrogens with one attached hydrogen (secondary N) is 1. The Hall–Kier alpha value is -1.47. The van der Waals surface area contributed by atoms with Crippen LogP contribution in [0.4, 0.5) is 4.39 Å². The summed E-state index contributed by atoms with van der Waals surface area (Å²) in [5, 5.41) is 2.67. The van der Waals surface area contributed by atoms with Crippen molar-refractivity contribution in [3.63, 3.8) is 0 Å². The molecule has 1 aromatic rings. The summed E-state index contributed by atoms with van der Waals surface area (Å²) in [4.78, 5) is 11.8. The third-order valence-electron chi connectivity index (χ3n) is 3.36. The minimum atomic E-state index is -3.29. The largest absolute Gasteiger partial charge is 0.354 e. The Kier molecular flexibility index (Phi) is 7.64. The van der Waals surface area contributed by atoms with Gasteiger partial charge < -0.3 is 5.32 Å². The molecule has 0 saturated carbocycles. The van der Waals surface area contributed by atoms with Crippen LogP contribution in [-0.4, -0.2) is 44.5 Å². The van der Waals surface area contributed by atoms with E-state index in [1.54, 1.807) is 12.1 Å². The van der Waals surface area contributed by atoms with E-state index in [-0.39, 0.29) is 31.2 Å². The molecule has 0 aliphatic rings. The first kappa shape index (κ1) is 19.6. The lowest BCUT2D eigenvalue weighted by Gasteiger charge is -2.21. The fourth-order valence-corrected chi connectivity index (χ4v) is 2.92. The van der Waals surface area contributed by atoms with Crippen molar-refractivity contribution in [2.24, 2.45) is 5.92 Å². The SMILES string of the molecule is CC(C)CCN(CCNC(=O)Cc1cccc(F)c1)S(C)(=O)=O. The Morgan fingerprint density at radius 3 is 2.57 bits per heavy atom. The number of carbonyl (C=O) groups excluding carboxylic acids is 1. The van der Waals surface area contributed by atoms with Gasteiger partial charge in [-0.3, -0.25) is 4.79 Å². The number of sulfonamides is 1. The fourth-order valence-electron chi connectivity index (χ4n) is 2.06. The summed E-state index contributed by atoms with van der Waals surface area (Å²) in [5.41, 5.74) is 0.585.